The molecule has 1 heterocycles. The van der Waals surface area contributed by atoms with Crippen molar-refractivity contribution in [3.05, 3.63) is 53.6 Å². The van der Waals surface area contributed by atoms with E-state index in [4.69, 9.17) is 18.9 Å². The molecule has 0 bridgehead atoms. The number of hydrogen-bond acceptors (Lipinski definition) is 5. The molecule has 0 N–H and O–H groups in total. The number of carbonyl (C=O) groups is 1. The van der Waals surface area contributed by atoms with Crippen LogP contribution in [0, 0.1) is 0 Å². The molecule has 0 radical (unpaired) electrons. The predicted octanol–water partition coefficient (Wildman–Crippen LogP) is 3.53. The first-order valence-electron chi connectivity index (χ1n) is 9.40. The minimum Gasteiger partial charge on any atom is -0.497 e. The van der Waals surface area contributed by atoms with Gasteiger partial charge in [-0.15, -0.1) is 0 Å². The van der Waals surface area contributed by atoms with E-state index >= 15 is 0 Å². The van der Waals surface area contributed by atoms with Gasteiger partial charge in [0.05, 0.1) is 34.0 Å². The van der Waals surface area contributed by atoms with Gasteiger partial charge in [0.15, 0.2) is 0 Å². The Balaban J connectivity index is 1.61. The third-order valence-electron chi connectivity index (χ3n) is 4.88. The standard InChI is InChI=1S/C22H27NO5/c1-25-18-7-4-6-17(12-18)22(24)23-9-5-8-19(14-23)28-15-16-10-20(26-2)13-21(11-16)27-3/h4,6-7,10-13,19H,5,8-9,14-15H2,1-3H3/t19-/m0/s1. The van der Waals surface area contributed by atoms with Crippen molar-refractivity contribution in [2.45, 2.75) is 25.6 Å². The maximum absolute atomic E-state index is 12.8. The molecule has 150 valence electrons. The van der Waals surface area contributed by atoms with Crippen molar-refractivity contribution in [1.29, 1.82) is 0 Å². The Morgan fingerprint density at radius 2 is 1.71 bits per heavy atom. The van der Waals surface area contributed by atoms with Crippen molar-refractivity contribution in [1.82, 2.24) is 4.90 Å². The number of methoxy groups -OCH3 is 3. The van der Waals surface area contributed by atoms with E-state index in [0.29, 0.717) is 24.5 Å². The highest BCUT2D eigenvalue weighted by Crippen LogP contribution is 2.24. The van der Waals surface area contributed by atoms with Crippen LogP contribution in [0.5, 0.6) is 17.2 Å². The Kier molecular flexibility index (Phi) is 6.76. The number of ether oxygens (including phenoxy) is 4. The average molecular weight is 385 g/mol. The highest BCUT2D eigenvalue weighted by molar-refractivity contribution is 5.94. The first kappa shape index (κ1) is 20.0. The summed E-state index contributed by atoms with van der Waals surface area (Å²) in [5.41, 5.74) is 1.62. The molecule has 0 unspecified atom stereocenters. The lowest BCUT2D eigenvalue weighted by Crippen LogP contribution is -2.43. The van der Waals surface area contributed by atoms with Crippen LogP contribution in [0.4, 0.5) is 0 Å². The largest absolute Gasteiger partial charge is 0.497 e. The van der Waals surface area contributed by atoms with Crippen LogP contribution in [0.1, 0.15) is 28.8 Å². The maximum Gasteiger partial charge on any atom is 0.254 e. The molecular formula is C22H27NO5. The summed E-state index contributed by atoms with van der Waals surface area (Å²) < 4.78 is 21.9. The highest BCUT2D eigenvalue weighted by atomic mass is 16.5. The second-order valence-corrected chi connectivity index (χ2v) is 6.78. The van der Waals surface area contributed by atoms with Crippen LogP contribution in [0.25, 0.3) is 0 Å². The maximum atomic E-state index is 12.8. The van der Waals surface area contributed by atoms with Crippen LogP contribution in [0.15, 0.2) is 42.5 Å². The van der Waals surface area contributed by atoms with Crippen LogP contribution in [0.2, 0.25) is 0 Å². The minimum absolute atomic E-state index is 0.000466. The highest BCUT2D eigenvalue weighted by Gasteiger charge is 2.25. The average Bonchev–Trinajstić information content (AvgIpc) is 2.77. The normalized spacial score (nSPS) is 16.5. The molecule has 0 aromatic heterocycles. The van der Waals surface area contributed by atoms with E-state index in [9.17, 15) is 4.79 Å². The van der Waals surface area contributed by atoms with Crippen LogP contribution < -0.4 is 14.2 Å². The molecule has 2 aromatic rings. The number of rotatable bonds is 7. The molecule has 2 aromatic carbocycles. The molecule has 0 saturated carbocycles. The zero-order valence-corrected chi connectivity index (χ0v) is 16.6. The van der Waals surface area contributed by atoms with Crippen molar-refractivity contribution < 1.29 is 23.7 Å². The molecule has 3 rings (SSSR count). The van der Waals surface area contributed by atoms with Crippen LogP contribution in [0.3, 0.4) is 0 Å². The fourth-order valence-electron chi connectivity index (χ4n) is 3.36. The quantitative estimate of drug-likeness (QED) is 0.730. The van der Waals surface area contributed by atoms with E-state index in [0.717, 1.165) is 36.4 Å². The number of carbonyl (C=O) groups excluding carboxylic acids is 1. The van der Waals surface area contributed by atoms with E-state index in [1.807, 2.05) is 41.3 Å². The Morgan fingerprint density at radius 3 is 2.39 bits per heavy atom. The third-order valence-corrected chi connectivity index (χ3v) is 4.88. The van der Waals surface area contributed by atoms with Crippen LogP contribution >= 0.6 is 0 Å². The van der Waals surface area contributed by atoms with Gasteiger partial charge >= 0.3 is 0 Å². The van der Waals surface area contributed by atoms with Gasteiger partial charge in [-0.3, -0.25) is 4.79 Å². The molecule has 1 atom stereocenters. The lowest BCUT2D eigenvalue weighted by Gasteiger charge is -2.33. The molecule has 1 saturated heterocycles. The van der Waals surface area contributed by atoms with Gasteiger partial charge in [0.2, 0.25) is 0 Å². The summed E-state index contributed by atoms with van der Waals surface area (Å²) in [5.74, 6) is 2.16. The molecule has 0 aliphatic carbocycles. The number of benzene rings is 2. The van der Waals surface area contributed by atoms with Gasteiger partial charge in [-0.1, -0.05) is 6.07 Å². The van der Waals surface area contributed by atoms with E-state index in [2.05, 4.69) is 0 Å². The van der Waals surface area contributed by atoms with Gasteiger partial charge in [0, 0.05) is 24.7 Å². The molecular weight excluding hydrogens is 358 g/mol. The predicted molar refractivity (Wildman–Crippen MR) is 106 cm³/mol. The molecule has 0 spiro atoms. The van der Waals surface area contributed by atoms with Crippen LogP contribution in [-0.2, 0) is 11.3 Å². The molecule has 28 heavy (non-hydrogen) atoms. The summed E-state index contributed by atoms with van der Waals surface area (Å²) >= 11 is 0. The van der Waals surface area contributed by atoms with Crippen LogP contribution in [-0.4, -0.2) is 51.3 Å². The van der Waals surface area contributed by atoms with Crippen molar-refractivity contribution in [2.75, 3.05) is 34.4 Å². The van der Waals surface area contributed by atoms with Crippen molar-refractivity contribution in [3.63, 3.8) is 0 Å². The zero-order valence-electron chi connectivity index (χ0n) is 16.6. The topological polar surface area (TPSA) is 57.2 Å². The number of hydrogen-bond donors (Lipinski definition) is 0. The van der Waals surface area contributed by atoms with Gasteiger partial charge in [-0.25, -0.2) is 0 Å². The summed E-state index contributed by atoms with van der Waals surface area (Å²) in [6.45, 7) is 1.76. The zero-order chi connectivity index (χ0) is 19.9. The van der Waals surface area contributed by atoms with Gasteiger partial charge < -0.3 is 23.8 Å². The molecule has 1 amide bonds. The fraction of sp³-hybridized carbons (Fsp3) is 0.409. The lowest BCUT2D eigenvalue weighted by molar-refractivity contribution is -0.00681. The van der Waals surface area contributed by atoms with Crippen molar-refractivity contribution in [2.24, 2.45) is 0 Å². The first-order chi connectivity index (χ1) is 13.6. The number of piperidine rings is 1. The fourth-order valence-corrected chi connectivity index (χ4v) is 3.36. The third kappa shape index (κ3) is 4.95. The Morgan fingerprint density at radius 1 is 1.00 bits per heavy atom. The van der Waals surface area contributed by atoms with E-state index in [-0.39, 0.29) is 12.0 Å². The van der Waals surface area contributed by atoms with Gasteiger partial charge in [-0.2, -0.15) is 0 Å². The summed E-state index contributed by atoms with van der Waals surface area (Å²) in [5, 5.41) is 0. The SMILES string of the molecule is COc1cc(CO[C@H]2CCCN(C(=O)c3cccc(OC)c3)C2)cc(OC)c1. The number of amides is 1. The van der Waals surface area contributed by atoms with E-state index in [1.54, 1.807) is 27.4 Å². The number of nitrogens with zero attached hydrogens (tertiary/aromatic N) is 1. The molecule has 1 aliphatic heterocycles. The second-order valence-electron chi connectivity index (χ2n) is 6.78. The van der Waals surface area contributed by atoms with E-state index < -0.39 is 0 Å². The van der Waals surface area contributed by atoms with E-state index in [1.165, 1.54) is 0 Å². The molecule has 6 heteroatoms. The number of likely N-dealkylation sites (tertiary alicyclic amines) is 1. The van der Waals surface area contributed by atoms with Crippen molar-refractivity contribution >= 4 is 5.91 Å². The van der Waals surface area contributed by atoms with Gasteiger partial charge in [0.1, 0.15) is 17.2 Å². The lowest BCUT2D eigenvalue weighted by atomic mass is 10.1. The summed E-state index contributed by atoms with van der Waals surface area (Å²) in [7, 11) is 4.85. The summed E-state index contributed by atoms with van der Waals surface area (Å²) in [6, 6.07) is 13.0. The Labute approximate surface area is 166 Å². The second kappa shape index (κ2) is 9.46. The molecule has 6 nitrogen and oxygen atoms in total. The van der Waals surface area contributed by atoms with Gasteiger partial charge in [0.25, 0.3) is 5.91 Å². The first-order valence-corrected chi connectivity index (χ1v) is 9.40. The smallest absolute Gasteiger partial charge is 0.254 e. The summed E-state index contributed by atoms with van der Waals surface area (Å²) in [4.78, 5) is 14.7. The summed E-state index contributed by atoms with van der Waals surface area (Å²) in [6.07, 6.45) is 1.85. The Bertz CT molecular complexity index is 785. The van der Waals surface area contributed by atoms with Gasteiger partial charge in [-0.05, 0) is 48.7 Å². The monoisotopic (exact) mass is 385 g/mol. The molecule has 1 aliphatic rings. The molecule has 1 fully saturated rings. The Hall–Kier alpha value is -2.73. The van der Waals surface area contributed by atoms with Crippen molar-refractivity contribution in [3.8, 4) is 17.2 Å². The minimum atomic E-state index is 0.000466.